The molecule has 0 unspecified atom stereocenters. The Bertz CT molecular complexity index is 623. The third-order valence-corrected chi connectivity index (χ3v) is 4.08. The number of anilines is 1. The van der Waals surface area contributed by atoms with Crippen molar-refractivity contribution in [3.05, 3.63) is 63.6 Å². The summed E-state index contributed by atoms with van der Waals surface area (Å²) in [6.45, 7) is 3.73. The summed E-state index contributed by atoms with van der Waals surface area (Å²) in [6.07, 6.45) is 0. The number of carbonyl (C=O) groups is 1. The Morgan fingerprint density at radius 2 is 1.70 bits per heavy atom. The van der Waals surface area contributed by atoms with Crippen LogP contribution in [-0.4, -0.2) is 5.91 Å². The first-order valence-corrected chi connectivity index (χ1v) is 7.40. The van der Waals surface area contributed by atoms with E-state index in [4.69, 9.17) is 11.6 Å². The van der Waals surface area contributed by atoms with Crippen molar-refractivity contribution in [2.75, 3.05) is 5.32 Å². The molecule has 2 aromatic carbocycles. The van der Waals surface area contributed by atoms with Crippen LogP contribution in [0.15, 0.2) is 53.0 Å². The van der Waals surface area contributed by atoms with E-state index in [0.717, 1.165) is 15.7 Å². The minimum Gasteiger partial charge on any atom is -0.325 e. The maximum Gasteiger partial charge on any atom is 0.234 e. The molecule has 2 nitrogen and oxygen atoms in total. The van der Waals surface area contributed by atoms with Crippen LogP contribution in [0.3, 0.4) is 0 Å². The molecule has 0 aromatic heterocycles. The highest BCUT2D eigenvalue weighted by Gasteiger charge is 2.31. The van der Waals surface area contributed by atoms with Crippen LogP contribution < -0.4 is 5.32 Å². The van der Waals surface area contributed by atoms with E-state index in [9.17, 15) is 4.79 Å². The molecule has 4 heteroatoms. The molecule has 0 saturated carbocycles. The van der Waals surface area contributed by atoms with Crippen molar-refractivity contribution in [2.24, 2.45) is 0 Å². The number of halogens is 2. The molecule has 1 N–H and O–H groups in total. The van der Waals surface area contributed by atoms with Crippen molar-refractivity contribution in [3.63, 3.8) is 0 Å². The van der Waals surface area contributed by atoms with Gasteiger partial charge in [0.15, 0.2) is 0 Å². The Morgan fingerprint density at radius 3 is 2.30 bits per heavy atom. The molecule has 1 amide bonds. The summed E-state index contributed by atoms with van der Waals surface area (Å²) >= 11 is 9.56. The van der Waals surface area contributed by atoms with Gasteiger partial charge in [0.1, 0.15) is 0 Å². The fourth-order valence-corrected chi connectivity index (χ4v) is 2.55. The lowest BCUT2D eigenvalue weighted by Gasteiger charge is -2.25. The number of benzene rings is 2. The Balaban J connectivity index is 2.23. The smallest absolute Gasteiger partial charge is 0.234 e. The molecule has 0 aliphatic heterocycles. The van der Waals surface area contributed by atoms with E-state index in [2.05, 4.69) is 21.2 Å². The summed E-state index contributed by atoms with van der Waals surface area (Å²) in [5, 5.41) is 3.52. The minimum atomic E-state index is -0.703. The van der Waals surface area contributed by atoms with Gasteiger partial charge in [0, 0.05) is 15.2 Å². The van der Waals surface area contributed by atoms with Gasteiger partial charge in [-0.3, -0.25) is 4.79 Å². The van der Waals surface area contributed by atoms with Gasteiger partial charge < -0.3 is 5.32 Å². The quantitative estimate of drug-likeness (QED) is 0.825. The van der Waals surface area contributed by atoms with Gasteiger partial charge in [0.25, 0.3) is 0 Å². The Hall–Kier alpha value is -1.32. The molecule has 2 aromatic rings. The van der Waals surface area contributed by atoms with Crippen molar-refractivity contribution in [2.45, 2.75) is 19.3 Å². The normalized spacial score (nSPS) is 11.2. The van der Waals surface area contributed by atoms with Crippen molar-refractivity contribution >= 4 is 39.1 Å². The lowest BCUT2D eigenvalue weighted by molar-refractivity contribution is -0.120. The van der Waals surface area contributed by atoms with Crippen LogP contribution in [0.1, 0.15) is 19.4 Å². The first-order valence-electron chi connectivity index (χ1n) is 6.23. The Labute approximate surface area is 132 Å². The second-order valence-electron chi connectivity index (χ2n) is 5.07. The van der Waals surface area contributed by atoms with E-state index in [0.29, 0.717) is 5.02 Å². The lowest BCUT2D eigenvalue weighted by atomic mass is 9.83. The van der Waals surface area contributed by atoms with Crippen molar-refractivity contribution < 1.29 is 4.79 Å². The molecule has 0 fully saturated rings. The monoisotopic (exact) mass is 351 g/mol. The fraction of sp³-hybridized carbons (Fsp3) is 0.188. The van der Waals surface area contributed by atoms with Crippen molar-refractivity contribution in [1.29, 1.82) is 0 Å². The molecule has 104 valence electrons. The van der Waals surface area contributed by atoms with Crippen LogP contribution >= 0.6 is 27.5 Å². The van der Waals surface area contributed by atoms with Gasteiger partial charge in [0.05, 0.1) is 5.41 Å². The Morgan fingerprint density at radius 1 is 1.10 bits per heavy atom. The maximum atomic E-state index is 12.5. The average Bonchev–Trinajstić information content (AvgIpc) is 2.41. The third-order valence-electron chi connectivity index (χ3n) is 3.22. The number of hydrogen-bond acceptors (Lipinski definition) is 1. The molecular weight excluding hydrogens is 338 g/mol. The number of amides is 1. The fourth-order valence-electron chi connectivity index (χ4n) is 1.91. The zero-order valence-corrected chi connectivity index (χ0v) is 13.6. The molecule has 2 rings (SSSR count). The molecule has 0 bridgehead atoms. The largest absolute Gasteiger partial charge is 0.325 e. The zero-order chi connectivity index (χ0) is 14.8. The van der Waals surface area contributed by atoms with Gasteiger partial charge in [-0.2, -0.15) is 0 Å². The molecule has 0 heterocycles. The summed E-state index contributed by atoms with van der Waals surface area (Å²) in [4.78, 5) is 12.5. The second kappa shape index (κ2) is 5.98. The molecular formula is C16H15BrClNO. The van der Waals surface area contributed by atoms with Crippen LogP contribution in [0, 0.1) is 0 Å². The maximum absolute atomic E-state index is 12.5. The molecule has 0 radical (unpaired) electrons. The van der Waals surface area contributed by atoms with Crippen molar-refractivity contribution in [3.8, 4) is 0 Å². The standard InChI is InChI=1S/C16H15BrClNO/c1-16(2,13-5-3-4-6-14(13)18)15(20)19-12-9-7-11(17)8-10-12/h3-10H,1-2H3,(H,19,20). The Kier molecular flexibility index (Phi) is 4.51. The first-order chi connectivity index (χ1) is 9.41. The highest BCUT2D eigenvalue weighted by molar-refractivity contribution is 9.10. The SMILES string of the molecule is CC(C)(C(=O)Nc1ccc(Br)cc1)c1ccccc1Cl. The average molecular weight is 353 g/mol. The summed E-state index contributed by atoms with van der Waals surface area (Å²) < 4.78 is 0.973. The predicted octanol–water partition coefficient (Wildman–Crippen LogP) is 5.02. The van der Waals surface area contributed by atoms with E-state index in [1.54, 1.807) is 6.07 Å². The predicted molar refractivity (Wildman–Crippen MR) is 87.2 cm³/mol. The summed E-state index contributed by atoms with van der Waals surface area (Å²) in [6, 6.07) is 14.9. The molecule has 0 atom stereocenters. The van der Waals surface area contributed by atoms with Crippen LogP contribution in [-0.2, 0) is 10.2 Å². The van der Waals surface area contributed by atoms with Crippen LogP contribution in [0.2, 0.25) is 5.02 Å². The lowest BCUT2D eigenvalue weighted by Crippen LogP contribution is -2.35. The highest BCUT2D eigenvalue weighted by atomic mass is 79.9. The molecule has 20 heavy (non-hydrogen) atoms. The van der Waals surface area contributed by atoms with Gasteiger partial charge in [-0.05, 0) is 49.7 Å². The van der Waals surface area contributed by atoms with E-state index in [1.165, 1.54) is 0 Å². The molecule has 0 saturated heterocycles. The van der Waals surface area contributed by atoms with E-state index >= 15 is 0 Å². The van der Waals surface area contributed by atoms with Crippen LogP contribution in [0.25, 0.3) is 0 Å². The van der Waals surface area contributed by atoms with Gasteiger partial charge in [-0.1, -0.05) is 45.7 Å². The van der Waals surface area contributed by atoms with E-state index < -0.39 is 5.41 Å². The molecule has 0 aliphatic carbocycles. The second-order valence-corrected chi connectivity index (χ2v) is 6.39. The zero-order valence-electron chi connectivity index (χ0n) is 11.3. The summed E-state index contributed by atoms with van der Waals surface area (Å²) in [5.74, 6) is -0.0899. The number of nitrogens with one attached hydrogen (secondary N) is 1. The topological polar surface area (TPSA) is 29.1 Å². The minimum absolute atomic E-state index is 0.0899. The molecule has 0 aliphatic rings. The number of carbonyl (C=O) groups excluding carboxylic acids is 1. The van der Waals surface area contributed by atoms with Gasteiger partial charge in [0.2, 0.25) is 5.91 Å². The van der Waals surface area contributed by atoms with E-state index in [-0.39, 0.29) is 5.91 Å². The van der Waals surface area contributed by atoms with Crippen LogP contribution in [0.4, 0.5) is 5.69 Å². The van der Waals surface area contributed by atoms with E-state index in [1.807, 2.05) is 56.3 Å². The first kappa shape index (κ1) is 15.1. The van der Waals surface area contributed by atoms with Gasteiger partial charge in [-0.25, -0.2) is 0 Å². The summed E-state index contributed by atoms with van der Waals surface area (Å²) in [7, 11) is 0. The molecule has 0 spiro atoms. The van der Waals surface area contributed by atoms with Crippen molar-refractivity contribution in [1.82, 2.24) is 0 Å². The summed E-state index contributed by atoms with van der Waals surface area (Å²) in [5.41, 5.74) is 0.875. The number of hydrogen-bond donors (Lipinski definition) is 1. The third kappa shape index (κ3) is 3.22. The number of rotatable bonds is 3. The van der Waals surface area contributed by atoms with Crippen LogP contribution in [0.5, 0.6) is 0 Å². The van der Waals surface area contributed by atoms with Gasteiger partial charge in [-0.15, -0.1) is 0 Å². The highest BCUT2D eigenvalue weighted by Crippen LogP contribution is 2.31. The van der Waals surface area contributed by atoms with Gasteiger partial charge >= 0.3 is 0 Å².